The lowest BCUT2D eigenvalue weighted by Crippen LogP contribution is -1.88. The molecule has 6 heteroatoms. The van der Waals surface area contributed by atoms with Crippen LogP contribution in [0.4, 0.5) is 0 Å². The first-order valence-electron chi connectivity index (χ1n) is 12.9. The summed E-state index contributed by atoms with van der Waals surface area (Å²) >= 11 is 0. The normalized spacial score (nSPS) is 12.3. The second kappa shape index (κ2) is 7.59. The Bertz CT molecular complexity index is 2240. The summed E-state index contributed by atoms with van der Waals surface area (Å²) in [6.07, 6.45) is 3.80. The zero-order valence-electron chi connectivity index (χ0n) is 21.3. The molecule has 182 valence electrons. The van der Waals surface area contributed by atoms with Gasteiger partial charge in [-0.2, -0.15) is 5.10 Å². The van der Waals surface area contributed by atoms with Gasteiger partial charge in [-0.25, -0.2) is 15.0 Å². The van der Waals surface area contributed by atoms with E-state index in [1.165, 1.54) is 27.1 Å². The van der Waals surface area contributed by atoms with E-state index in [1.807, 2.05) is 19.3 Å². The van der Waals surface area contributed by atoms with E-state index >= 15 is 0 Å². The van der Waals surface area contributed by atoms with E-state index in [0.717, 1.165) is 60.8 Å². The fourth-order valence-corrected chi connectivity index (χ4v) is 5.84. The molecule has 3 aromatic heterocycles. The van der Waals surface area contributed by atoms with E-state index in [1.54, 1.807) is 0 Å². The molecular weight excluding hydrogens is 468 g/mol. The van der Waals surface area contributed by atoms with Gasteiger partial charge in [0.05, 0.1) is 22.7 Å². The molecule has 0 fully saturated rings. The number of fused-ring (bicyclic) bond motifs is 11. The van der Waals surface area contributed by atoms with Crippen molar-refractivity contribution in [3.8, 4) is 11.1 Å². The Morgan fingerprint density at radius 3 is 2.18 bits per heavy atom. The standard InChI is InChI=1S/C32H24N6/c1-16(2)32-37-28-11-10-22-21-7-4-18(12-20(21)6-9-23(22)29(28)38-32)19-5-8-24-25(13-19)26-14-33-34-15-27(26)31-30(24)35-17(3)36-31/h4-16,33H,1-3H3,(H,37,38). The van der Waals surface area contributed by atoms with E-state index < -0.39 is 0 Å². The highest BCUT2D eigenvalue weighted by molar-refractivity contribution is 6.23. The van der Waals surface area contributed by atoms with Crippen molar-refractivity contribution >= 4 is 65.2 Å². The minimum Gasteiger partial charge on any atom is -0.342 e. The SMILES string of the molecule is Cc1nc2c3ccc(-c4ccc5c(ccc6c5ccc5[nH]c(C(C)C)nc56)c4)cc3c3c[nH]ncc3c2n1. The van der Waals surface area contributed by atoms with Crippen LogP contribution >= 0.6 is 0 Å². The molecule has 0 aliphatic carbocycles. The average Bonchev–Trinajstić information content (AvgIpc) is 3.56. The van der Waals surface area contributed by atoms with Gasteiger partial charge in [0.15, 0.2) is 0 Å². The Labute approximate surface area is 217 Å². The third-order valence-corrected chi connectivity index (χ3v) is 7.72. The molecule has 0 unspecified atom stereocenters. The van der Waals surface area contributed by atoms with E-state index in [-0.39, 0.29) is 0 Å². The van der Waals surface area contributed by atoms with Gasteiger partial charge in [-0.15, -0.1) is 0 Å². The molecule has 0 bridgehead atoms. The summed E-state index contributed by atoms with van der Waals surface area (Å²) in [5, 5.41) is 16.5. The van der Waals surface area contributed by atoms with Gasteiger partial charge in [0.25, 0.3) is 0 Å². The molecule has 38 heavy (non-hydrogen) atoms. The molecule has 5 aromatic carbocycles. The Kier molecular flexibility index (Phi) is 4.24. The van der Waals surface area contributed by atoms with Gasteiger partial charge in [0.2, 0.25) is 0 Å². The number of hydrogen-bond donors (Lipinski definition) is 2. The number of aromatic nitrogens is 6. The lowest BCUT2D eigenvalue weighted by atomic mass is 9.94. The van der Waals surface area contributed by atoms with Crippen molar-refractivity contribution < 1.29 is 0 Å². The van der Waals surface area contributed by atoms with Gasteiger partial charge in [-0.1, -0.05) is 56.3 Å². The van der Waals surface area contributed by atoms with Gasteiger partial charge in [0.1, 0.15) is 17.2 Å². The quantitative estimate of drug-likeness (QED) is 0.240. The Morgan fingerprint density at radius 2 is 1.34 bits per heavy atom. The molecule has 8 rings (SSSR count). The molecule has 8 aromatic rings. The van der Waals surface area contributed by atoms with Gasteiger partial charge < -0.3 is 4.98 Å². The minimum atomic E-state index is 0.361. The lowest BCUT2D eigenvalue weighted by Gasteiger charge is -2.10. The fraction of sp³-hybridized carbons (Fsp3) is 0.125. The zero-order valence-corrected chi connectivity index (χ0v) is 21.3. The first-order valence-corrected chi connectivity index (χ1v) is 12.9. The molecular formula is C32H24N6. The van der Waals surface area contributed by atoms with Crippen molar-refractivity contribution in [1.29, 1.82) is 0 Å². The third-order valence-electron chi connectivity index (χ3n) is 7.72. The van der Waals surface area contributed by atoms with Crippen LogP contribution in [0.5, 0.6) is 0 Å². The van der Waals surface area contributed by atoms with Crippen LogP contribution in [0.2, 0.25) is 0 Å². The van der Waals surface area contributed by atoms with Gasteiger partial charge in [-0.3, -0.25) is 5.10 Å². The lowest BCUT2D eigenvalue weighted by molar-refractivity contribution is 0.799. The molecule has 2 N–H and O–H groups in total. The van der Waals surface area contributed by atoms with Crippen LogP contribution in [0, 0.1) is 6.92 Å². The minimum absolute atomic E-state index is 0.361. The maximum atomic E-state index is 4.92. The number of nitrogens with zero attached hydrogens (tertiary/aromatic N) is 4. The fourth-order valence-electron chi connectivity index (χ4n) is 5.84. The Morgan fingerprint density at radius 1 is 0.632 bits per heavy atom. The van der Waals surface area contributed by atoms with Crippen molar-refractivity contribution in [2.24, 2.45) is 0 Å². The molecule has 0 saturated heterocycles. The summed E-state index contributed by atoms with van der Waals surface area (Å²) in [5.74, 6) is 2.17. The average molecular weight is 493 g/mol. The predicted octanol–water partition coefficient (Wildman–Crippen LogP) is 7.94. The van der Waals surface area contributed by atoms with Crippen molar-refractivity contribution in [1.82, 2.24) is 30.1 Å². The molecule has 0 amide bonds. The largest absolute Gasteiger partial charge is 0.342 e. The van der Waals surface area contributed by atoms with Gasteiger partial charge in [-0.05, 0) is 57.8 Å². The van der Waals surface area contributed by atoms with E-state index in [0.29, 0.717) is 5.92 Å². The Hall–Kier alpha value is -4.84. The van der Waals surface area contributed by atoms with Gasteiger partial charge in [0, 0.05) is 33.7 Å². The first-order chi connectivity index (χ1) is 18.5. The molecule has 0 aliphatic rings. The van der Waals surface area contributed by atoms with E-state index in [9.17, 15) is 0 Å². The highest BCUT2D eigenvalue weighted by Gasteiger charge is 2.15. The van der Waals surface area contributed by atoms with Crippen LogP contribution in [0.25, 0.3) is 76.3 Å². The summed E-state index contributed by atoms with van der Waals surface area (Å²) in [4.78, 5) is 17.8. The summed E-state index contributed by atoms with van der Waals surface area (Å²) in [5.41, 5.74) is 6.31. The second-order valence-corrected chi connectivity index (χ2v) is 10.4. The second-order valence-electron chi connectivity index (χ2n) is 10.4. The highest BCUT2D eigenvalue weighted by atomic mass is 15.1. The van der Waals surface area contributed by atoms with Crippen LogP contribution < -0.4 is 0 Å². The molecule has 0 radical (unpaired) electrons. The van der Waals surface area contributed by atoms with Crippen molar-refractivity contribution in [3.63, 3.8) is 0 Å². The molecule has 0 atom stereocenters. The smallest absolute Gasteiger partial charge is 0.126 e. The topological polar surface area (TPSA) is 83.1 Å². The van der Waals surface area contributed by atoms with Crippen molar-refractivity contribution in [2.45, 2.75) is 26.7 Å². The zero-order chi connectivity index (χ0) is 25.5. The van der Waals surface area contributed by atoms with Crippen LogP contribution in [-0.4, -0.2) is 30.1 Å². The number of hydrogen-bond acceptors (Lipinski definition) is 4. The van der Waals surface area contributed by atoms with Gasteiger partial charge >= 0.3 is 0 Å². The number of benzene rings is 5. The van der Waals surface area contributed by atoms with Crippen LogP contribution in [0.15, 0.2) is 73.1 Å². The summed E-state index contributed by atoms with van der Waals surface area (Å²) < 4.78 is 0. The molecule has 3 heterocycles. The predicted molar refractivity (Wildman–Crippen MR) is 156 cm³/mol. The molecule has 0 aliphatic heterocycles. The Balaban J connectivity index is 1.33. The molecule has 6 nitrogen and oxygen atoms in total. The monoisotopic (exact) mass is 492 g/mol. The molecule has 0 saturated carbocycles. The number of nitrogens with one attached hydrogen (secondary N) is 2. The van der Waals surface area contributed by atoms with Crippen LogP contribution in [0.3, 0.4) is 0 Å². The molecule has 0 spiro atoms. The summed E-state index contributed by atoms with van der Waals surface area (Å²) in [6.45, 7) is 6.27. The summed E-state index contributed by atoms with van der Waals surface area (Å²) in [7, 11) is 0. The van der Waals surface area contributed by atoms with Crippen LogP contribution in [0.1, 0.15) is 31.4 Å². The van der Waals surface area contributed by atoms with Crippen molar-refractivity contribution in [3.05, 3.63) is 84.7 Å². The van der Waals surface area contributed by atoms with E-state index in [2.05, 4.69) is 94.7 Å². The number of aryl methyl sites for hydroxylation is 1. The maximum absolute atomic E-state index is 4.92. The number of H-pyrrole nitrogens is 2. The number of aromatic amines is 2. The van der Waals surface area contributed by atoms with Crippen molar-refractivity contribution in [2.75, 3.05) is 0 Å². The third kappa shape index (κ3) is 2.94. The summed E-state index contributed by atoms with van der Waals surface area (Å²) in [6, 6.07) is 22.1. The first kappa shape index (κ1) is 21.3. The number of rotatable bonds is 2. The highest BCUT2D eigenvalue weighted by Crippen LogP contribution is 2.37. The van der Waals surface area contributed by atoms with E-state index in [4.69, 9.17) is 9.97 Å². The maximum Gasteiger partial charge on any atom is 0.126 e. The van der Waals surface area contributed by atoms with Crippen LogP contribution in [-0.2, 0) is 0 Å². The number of imidazole rings is 2.